The van der Waals surface area contributed by atoms with E-state index in [0.717, 1.165) is 38.4 Å². The van der Waals surface area contributed by atoms with E-state index in [1.165, 1.54) is 5.56 Å². The van der Waals surface area contributed by atoms with Gasteiger partial charge in [-0.25, -0.2) is 4.98 Å². The van der Waals surface area contributed by atoms with Crippen molar-refractivity contribution in [3.05, 3.63) is 23.9 Å². The Kier molecular flexibility index (Phi) is 5.16. The predicted octanol–water partition coefficient (Wildman–Crippen LogP) is 2.37. The van der Waals surface area contributed by atoms with Crippen molar-refractivity contribution in [1.29, 1.82) is 0 Å². The molecule has 0 spiro atoms. The Labute approximate surface area is 116 Å². The second-order valence-corrected chi connectivity index (χ2v) is 5.10. The van der Waals surface area contributed by atoms with Crippen LogP contribution in [0.4, 0.5) is 5.82 Å². The van der Waals surface area contributed by atoms with E-state index in [-0.39, 0.29) is 0 Å². The fraction of sp³-hybridized carbons (Fsp3) is 0.667. The van der Waals surface area contributed by atoms with Gasteiger partial charge in [-0.15, -0.1) is 0 Å². The maximum absolute atomic E-state index is 5.69. The van der Waals surface area contributed by atoms with Gasteiger partial charge < -0.3 is 15.0 Å². The summed E-state index contributed by atoms with van der Waals surface area (Å²) >= 11 is 0. The number of nitrogens with zero attached hydrogens (tertiary/aromatic N) is 2. The van der Waals surface area contributed by atoms with E-state index in [0.29, 0.717) is 12.1 Å². The maximum Gasteiger partial charge on any atom is 0.128 e. The van der Waals surface area contributed by atoms with Crippen LogP contribution in [0.2, 0.25) is 0 Å². The molecule has 0 radical (unpaired) electrons. The first-order valence-corrected chi connectivity index (χ1v) is 7.24. The third kappa shape index (κ3) is 3.67. The second kappa shape index (κ2) is 6.87. The van der Waals surface area contributed by atoms with E-state index in [4.69, 9.17) is 4.74 Å². The quantitative estimate of drug-likeness (QED) is 0.885. The molecule has 0 amide bonds. The molecule has 1 N–H and O–H groups in total. The van der Waals surface area contributed by atoms with Gasteiger partial charge >= 0.3 is 0 Å². The number of hydrogen-bond acceptors (Lipinski definition) is 4. The van der Waals surface area contributed by atoms with Crippen LogP contribution >= 0.6 is 0 Å². The van der Waals surface area contributed by atoms with Crippen LogP contribution in [0.15, 0.2) is 18.3 Å². The van der Waals surface area contributed by atoms with Crippen molar-refractivity contribution in [1.82, 2.24) is 10.3 Å². The van der Waals surface area contributed by atoms with Crippen LogP contribution in [0.25, 0.3) is 0 Å². The molecule has 1 unspecified atom stereocenters. The highest BCUT2D eigenvalue weighted by Crippen LogP contribution is 2.22. The normalized spacial score (nSPS) is 18.6. The Morgan fingerprint density at radius 3 is 2.84 bits per heavy atom. The number of rotatable bonds is 5. The highest BCUT2D eigenvalue weighted by molar-refractivity contribution is 5.42. The summed E-state index contributed by atoms with van der Waals surface area (Å²) in [5, 5.41) is 3.27. The molecule has 0 aromatic carbocycles. The van der Waals surface area contributed by atoms with Crippen molar-refractivity contribution in [3.8, 4) is 0 Å². The molecule has 2 heterocycles. The number of nitrogens with one attached hydrogen (secondary N) is 1. The molecule has 0 bridgehead atoms. The van der Waals surface area contributed by atoms with E-state index in [2.05, 4.69) is 41.2 Å². The first-order valence-electron chi connectivity index (χ1n) is 7.24. The van der Waals surface area contributed by atoms with Gasteiger partial charge in [0.25, 0.3) is 0 Å². The van der Waals surface area contributed by atoms with Crippen LogP contribution in [0.5, 0.6) is 0 Å². The SMILES string of the molecule is CCOC1CCN(c2cc(C(C)NC)ccn2)CC1. The second-order valence-electron chi connectivity index (χ2n) is 5.10. The van der Waals surface area contributed by atoms with Crippen molar-refractivity contribution in [3.63, 3.8) is 0 Å². The average molecular weight is 263 g/mol. The molecule has 19 heavy (non-hydrogen) atoms. The highest BCUT2D eigenvalue weighted by Gasteiger charge is 2.20. The topological polar surface area (TPSA) is 37.4 Å². The molecule has 0 aliphatic carbocycles. The van der Waals surface area contributed by atoms with Gasteiger partial charge in [0, 0.05) is 31.9 Å². The first kappa shape index (κ1) is 14.3. The van der Waals surface area contributed by atoms with Gasteiger partial charge in [-0.2, -0.15) is 0 Å². The lowest BCUT2D eigenvalue weighted by Crippen LogP contribution is -2.37. The zero-order chi connectivity index (χ0) is 13.7. The predicted molar refractivity (Wildman–Crippen MR) is 78.6 cm³/mol. The van der Waals surface area contributed by atoms with Crippen molar-refractivity contribution in [2.75, 3.05) is 31.6 Å². The summed E-state index contributed by atoms with van der Waals surface area (Å²) in [5.41, 5.74) is 1.29. The number of piperidine rings is 1. The van der Waals surface area contributed by atoms with E-state index < -0.39 is 0 Å². The zero-order valence-electron chi connectivity index (χ0n) is 12.2. The third-order valence-electron chi connectivity index (χ3n) is 3.87. The molecule has 1 saturated heterocycles. The number of aromatic nitrogens is 1. The minimum absolute atomic E-state index is 0.364. The lowest BCUT2D eigenvalue weighted by atomic mass is 10.1. The van der Waals surface area contributed by atoms with Crippen LogP contribution < -0.4 is 10.2 Å². The number of ether oxygens (including phenoxy) is 1. The summed E-state index contributed by atoms with van der Waals surface area (Å²) in [6.45, 7) is 7.12. The maximum atomic E-state index is 5.69. The van der Waals surface area contributed by atoms with Gasteiger partial charge in [0.05, 0.1) is 6.10 Å². The minimum Gasteiger partial charge on any atom is -0.378 e. The van der Waals surface area contributed by atoms with Gasteiger partial charge in [0.2, 0.25) is 0 Å². The van der Waals surface area contributed by atoms with Gasteiger partial charge in [-0.1, -0.05) is 0 Å². The molecule has 1 aromatic rings. The van der Waals surface area contributed by atoms with Crippen LogP contribution in [-0.4, -0.2) is 37.8 Å². The van der Waals surface area contributed by atoms with Crippen molar-refractivity contribution in [2.24, 2.45) is 0 Å². The van der Waals surface area contributed by atoms with Crippen LogP contribution in [0, 0.1) is 0 Å². The molecule has 2 rings (SSSR count). The van der Waals surface area contributed by atoms with Gasteiger partial charge in [-0.3, -0.25) is 0 Å². The number of anilines is 1. The van der Waals surface area contributed by atoms with Gasteiger partial charge in [-0.05, 0) is 51.4 Å². The molecule has 1 fully saturated rings. The Morgan fingerprint density at radius 2 is 2.21 bits per heavy atom. The largest absolute Gasteiger partial charge is 0.378 e. The van der Waals surface area contributed by atoms with Crippen LogP contribution in [0.3, 0.4) is 0 Å². The highest BCUT2D eigenvalue weighted by atomic mass is 16.5. The summed E-state index contributed by atoms with van der Waals surface area (Å²) in [7, 11) is 1.98. The fourth-order valence-corrected chi connectivity index (χ4v) is 2.53. The standard InChI is InChI=1S/C15H25N3O/c1-4-19-14-6-9-18(10-7-14)15-11-13(5-8-17-15)12(2)16-3/h5,8,11-12,14,16H,4,6-7,9-10H2,1-3H3. The zero-order valence-corrected chi connectivity index (χ0v) is 12.2. The Balaban J connectivity index is 1.99. The lowest BCUT2D eigenvalue weighted by molar-refractivity contribution is 0.0458. The molecule has 1 aliphatic heterocycles. The van der Waals surface area contributed by atoms with Crippen LogP contribution in [-0.2, 0) is 4.74 Å². The molecule has 1 aromatic heterocycles. The third-order valence-corrected chi connectivity index (χ3v) is 3.87. The van der Waals surface area contributed by atoms with E-state index in [1.54, 1.807) is 0 Å². The van der Waals surface area contributed by atoms with Crippen molar-refractivity contribution < 1.29 is 4.74 Å². The summed E-state index contributed by atoms with van der Waals surface area (Å²) in [4.78, 5) is 6.87. The van der Waals surface area contributed by atoms with E-state index in [1.807, 2.05) is 13.2 Å². The molecule has 0 saturated carbocycles. The average Bonchev–Trinajstić information content (AvgIpc) is 2.48. The van der Waals surface area contributed by atoms with Crippen molar-refractivity contribution >= 4 is 5.82 Å². The van der Waals surface area contributed by atoms with E-state index >= 15 is 0 Å². The molecule has 4 nitrogen and oxygen atoms in total. The molecule has 1 atom stereocenters. The smallest absolute Gasteiger partial charge is 0.128 e. The van der Waals surface area contributed by atoms with Crippen LogP contribution in [0.1, 0.15) is 38.3 Å². The fourth-order valence-electron chi connectivity index (χ4n) is 2.53. The minimum atomic E-state index is 0.364. The number of hydrogen-bond donors (Lipinski definition) is 1. The lowest BCUT2D eigenvalue weighted by Gasteiger charge is -2.32. The number of pyridine rings is 1. The molecule has 106 valence electrons. The van der Waals surface area contributed by atoms with Gasteiger partial charge in [0.1, 0.15) is 5.82 Å². The molecular weight excluding hydrogens is 238 g/mol. The Morgan fingerprint density at radius 1 is 1.47 bits per heavy atom. The van der Waals surface area contributed by atoms with Gasteiger partial charge in [0.15, 0.2) is 0 Å². The molecule has 1 aliphatic rings. The summed E-state index contributed by atoms with van der Waals surface area (Å²) in [5.74, 6) is 1.09. The van der Waals surface area contributed by atoms with Crippen molar-refractivity contribution in [2.45, 2.75) is 38.8 Å². The summed E-state index contributed by atoms with van der Waals surface area (Å²) in [6.07, 6.45) is 4.54. The summed E-state index contributed by atoms with van der Waals surface area (Å²) < 4.78 is 5.69. The van der Waals surface area contributed by atoms with E-state index in [9.17, 15) is 0 Å². The Hall–Kier alpha value is -1.13. The molecular formula is C15H25N3O. The summed E-state index contributed by atoms with van der Waals surface area (Å²) in [6, 6.07) is 4.64. The monoisotopic (exact) mass is 263 g/mol. The first-order chi connectivity index (χ1) is 9.24. The molecule has 4 heteroatoms. The Bertz CT molecular complexity index is 389.